The average molecular weight is 449 g/mol. The zero-order valence-electron chi connectivity index (χ0n) is 18.0. The molecule has 11 nitrogen and oxygen atoms in total. The van der Waals surface area contributed by atoms with Crippen molar-refractivity contribution < 1.29 is 14.5 Å². The molecular weight excluding hydrogens is 426 g/mol. The van der Waals surface area contributed by atoms with Gasteiger partial charge in [-0.25, -0.2) is 9.67 Å². The van der Waals surface area contributed by atoms with Gasteiger partial charge in [0.25, 0.3) is 11.6 Å². The van der Waals surface area contributed by atoms with Crippen LogP contribution in [0.25, 0.3) is 0 Å². The molecule has 0 radical (unpaired) electrons. The van der Waals surface area contributed by atoms with Crippen molar-refractivity contribution in [2.45, 2.75) is 13.5 Å². The minimum atomic E-state index is -0.538. The lowest BCUT2D eigenvalue weighted by atomic mass is 10.1. The number of hydrogen-bond donors (Lipinski definition) is 1. The van der Waals surface area contributed by atoms with Crippen LogP contribution in [0.2, 0.25) is 0 Å². The first-order valence-electron chi connectivity index (χ1n) is 10.4. The Morgan fingerprint density at radius 3 is 2.48 bits per heavy atom. The number of nitrogens with one attached hydrogen (secondary N) is 1. The molecule has 4 rings (SSSR count). The van der Waals surface area contributed by atoms with Gasteiger partial charge in [0.1, 0.15) is 12.0 Å². The molecule has 2 amide bonds. The first kappa shape index (κ1) is 21.9. The maximum atomic E-state index is 12.7. The average Bonchev–Trinajstić information content (AvgIpc) is 3.25. The van der Waals surface area contributed by atoms with Gasteiger partial charge < -0.3 is 9.80 Å². The molecule has 1 N–H and O–H groups in total. The lowest BCUT2D eigenvalue weighted by Gasteiger charge is -2.35. The van der Waals surface area contributed by atoms with E-state index in [1.54, 1.807) is 15.6 Å². The van der Waals surface area contributed by atoms with Crippen LogP contribution in [0.1, 0.15) is 22.8 Å². The van der Waals surface area contributed by atoms with Crippen LogP contribution in [-0.2, 0) is 11.3 Å². The molecular formula is C22H23N7O4. The number of rotatable bonds is 6. The highest BCUT2D eigenvalue weighted by molar-refractivity contribution is 6.04. The lowest BCUT2D eigenvalue weighted by Crippen LogP contribution is -2.48. The van der Waals surface area contributed by atoms with E-state index in [4.69, 9.17) is 0 Å². The molecule has 3 aromatic rings. The van der Waals surface area contributed by atoms with Crippen molar-refractivity contribution in [2.75, 3.05) is 36.4 Å². The van der Waals surface area contributed by atoms with E-state index in [0.29, 0.717) is 38.4 Å². The molecule has 0 aliphatic carbocycles. The zero-order valence-corrected chi connectivity index (χ0v) is 18.0. The third-order valence-electron chi connectivity index (χ3n) is 5.45. The Morgan fingerprint density at radius 1 is 1.09 bits per heavy atom. The van der Waals surface area contributed by atoms with Crippen molar-refractivity contribution in [3.8, 4) is 0 Å². The third kappa shape index (κ3) is 5.14. The third-order valence-corrected chi connectivity index (χ3v) is 5.45. The van der Waals surface area contributed by atoms with E-state index in [2.05, 4.69) is 15.4 Å². The van der Waals surface area contributed by atoms with Gasteiger partial charge in [0.05, 0.1) is 11.5 Å². The lowest BCUT2D eigenvalue weighted by molar-refractivity contribution is -0.384. The molecule has 2 aromatic carbocycles. The van der Waals surface area contributed by atoms with Crippen molar-refractivity contribution in [3.05, 3.63) is 76.1 Å². The molecule has 0 spiro atoms. The molecule has 0 atom stereocenters. The second-order valence-corrected chi connectivity index (χ2v) is 7.66. The summed E-state index contributed by atoms with van der Waals surface area (Å²) in [6, 6.07) is 14.1. The Morgan fingerprint density at radius 2 is 1.82 bits per heavy atom. The van der Waals surface area contributed by atoms with Crippen LogP contribution in [-0.4, -0.2) is 62.6 Å². The highest BCUT2D eigenvalue weighted by Crippen LogP contribution is 2.30. The Hall–Kier alpha value is -4.28. The first-order valence-corrected chi connectivity index (χ1v) is 10.4. The molecule has 1 aliphatic rings. The topological polar surface area (TPSA) is 126 Å². The SMILES string of the molecule is CC(=O)N1CCN(c2ccc(C(=O)Nc3ncn(Cc4ccccc4)n3)cc2[N+](=O)[O-])CC1. The van der Waals surface area contributed by atoms with Crippen LogP contribution in [0, 0.1) is 10.1 Å². The fraction of sp³-hybridized carbons (Fsp3) is 0.273. The summed E-state index contributed by atoms with van der Waals surface area (Å²) in [4.78, 5) is 43.1. The van der Waals surface area contributed by atoms with Gasteiger partial charge in [-0.3, -0.25) is 25.0 Å². The van der Waals surface area contributed by atoms with E-state index in [9.17, 15) is 19.7 Å². The van der Waals surface area contributed by atoms with Crippen molar-refractivity contribution in [1.29, 1.82) is 0 Å². The summed E-state index contributed by atoms with van der Waals surface area (Å²) in [6.45, 7) is 3.95. The fourth-order valence-electron chi connectivity index (χ4n) is 3.71. The Kier molecular flexibility index (Phi) is 6.29. The summed E-state index contributed by atoms with van der Waals surface area (Å²) >= 11 is 0. The van der Waals surface area contributed by atoms with Gasteiger partial charge in [-0.2, -0.15) is 0 Å². The smallest absolute Gasteiger partial charge is 0.293 e. The molecule has 1 aliphatic heterocycles. The van der Waals surface area contributed by atoms with Crippen molar-refractivity contribution in [3.63, 3.8) is 0 Å². The number of amides is 2. The van der Waals surface area contributed by atoms with E-state index in [1.807, 2.05) is 35.2 Å². The highest BCUT2D eigenvalue weighted by atomic mass is 16.6. The molecule has 11 heteroatoms. The van der Waals surface area contributed by atoms with Gasteiger partial charge in [0.2, 0.25) is 11.9 Å². The maximum absolute atomic E-state index is 12.7. The monoisotopic (exact) mass is 449 g/mol. The van der Waals surface area contributed by atoms with Crippen LogP contribution in [0.5, 0.6) is 0 Å². The molecule has 0 unspecified atom stereocenters. The molecule has 0 bridgehead atoms. The van der Waals surface area contributed by atoms with Crippen LogP contribution in [0.3, 0.4) is 0 Å². The first-order chi connectivity index (χ1) is 15.9. The normalized spacial score (nSPS) is 13.6. The summed E-state index contributed by atoms with van der Waals surface area (Å²) < 4.78 is 1.59. The number of carbonyl (C=O) groups is 2. The molecule has 170 valence electrons. The number of hydrogen-bond acceptors (Lipinski definition) is 7. The standard InChI is InChI=1S/C22H23N7O4/c1-16(30)26-9-11-27(12-10-26)19-8-7-18(13-20(19)29(32)33)21(31)24-22-23-15-28(25-22)14-17-5-3-2-4-6-17/h2-8,13,15H,9-12,14H2,1H3,(H,24,25,31). The van der Waals surface area contributed by atoms with Gasteiger partial charge in [-0.1, -0.05) is 30.3 Å². The minimum Gasteiger partial charge on any atom is -0.362 e. The molecule has 33 heavy (non-hydrogen) atoms. The summed E-state index contributed by atoms with van der Waals surface area (Å²) in [5.41, 5.74) is 1.43. The summed E-state index contributed by atoms with van der Waals surface area (Å²) in [7, 11) is 0. The van der Waals surface area contributed by atoms with Crippen LogP contribution >= 0.6 is 0 Å². The number of nitro groups is 1. The van der Waals surface area contributed by atoms with E-state index < -0.39 is 10.8 Å². The van der Waals surface area contributed by atoms with Gasteiger partial charge >= 0.3 is 0 Å². The Bertz CT molecular complexity index is 1170. The number of piperazine rings is 1. The second-order valence-electron chi connectivity index (χ2n) is 7.66. The number of benzene rings is 2. The number of aromatic nitrogens is 3. The molecule has 2 heterocycles. The van der Waals surface area contributed by atoms with Crippen molar-refractivity contribution in [1.82, 2.24) is 19.7 Å². The van der Waals surface area contributed by atoms with E-state index >= 15 is 0 Å². The van der Waals surface area contributed by atoms with E-state index in [0.717, 1.165) is 5.56 Å². The molecule has 1 aromatic heterocycles. The predicted molar refractivity (Wildman–Crippen MR) is 121 cm³/mol. The number of anilines is 2. The Balaban J connectivity index is 1.46. The quantitative estimate of drug-likeness (QED) is 0.451. The number of carbonyl (C=O) groups excluding carboxylic acids is 2. The van der Waals surface area contributed by atoms with Gasteiger partial charge in [-0.15, -0.1) is 5.10 Å². The Labute approximate surface area is 189 Å². The van der Waals surface area contributed by atoms with Crippen LogP contribution < -0.4 is 10.2 Å². The maximum Gasteiger partial charge on any atom is 0.293 e. The van der Waals surface area contributed by atoms with E-state index in [-0.39, 0.29) is 23.1 Å². The molecule has 1 saturated heterocycles. The number of nitrogens with zero attached hydrogens (tertiary/aromatic N) is 6. The zero-order chi connectivity index (χ0) is 23.4. The van der Waals surface area contributed by atoms with Crippen molar-refractivity contribution >= 4 is 29.1 Å². The molecule has 1 fully saturated rings. The summed E-state index contributed by atoms with van der Waals surface area (Å²) in [5, 5.41) is 18.5. The van der Waals surface area contributed by atoms with Gasteiger partial charge in [-0.05, 0) is 17.7 Å². The fourth-order valence-corrected chi connectivity index (χ4v) is 3.71. The summed E-state index contributed by atoms with van der Waals surface area (Å²) in [5.74, 6) is -0.442. The summed E-state index contributed by atoms with van der Waals surface area (Å²) in [6.07, 6.45) is 1.51. The predicted octanol–water partition coefficient (Wildman–Crippen LogP) is 2.16. The second kappa shape index (κ2) is 9.47. The van der Waals surface area contributed by atoms with Crippen LogP contribution in [0.15, 0.2) is 54.9 Å². The number of nitro benzene ring substituents is 1. The van der Waals surface area contributed by atoms with E-state index in [1.165, 1.54) is 25.4 Å². The highest BCUT2D eigenvalue weighted by Gasteiger charge is 2.26. The van der Waals surface area contributed by atoms with Crippen molar-refractivity contribution in [2.24, 2.45) is 0 Å². The van der Waals surface area contributed by atoms with Gasteiger partial charge in [0.15, 0.2) is 0 Å². The largest absolute Gasteiger partial charge is 0.362 e. The molecule has 0 saturated carbocycles. The van der Waals surface area contributed by atoms with Gasteiger partial charge in [0, 0.05) is 44.7 Å². The minimum absolute atomic E-state index is 0.0176. The van der Waals surface area contributed by atoms with Crippen LogP contribution in [0.4, 0.5) is 17.3 Å².